The molecule has 0 fully saturated rings. The molecular weight excluding hydrogens is 322 g/mol. The number of rotatable bonds is 6. The fourth-order valence-corrected chi connectivity index (χ4v) is 3.16. The van der Waals surface area contributed by atoms with Crippen LogP contribution in [-0.2, 0) is 6.42 Å². The summed E-state index contributed by atoms with van der Waals surface area (Å²) in [4.78, 5) is 0. The molecule has 0 radical (unpaired) electrons. The first kappa shape index (κ1) is 16.3. The first-order valence-electron chi connectivity index (χ1n) is 7.66. The maximum atomic E-state index is 3.77. The van der Waals surface area contributed by atoms with Crippen LogP contribution >= 0.6 is 15.9 Å². The van der Waals surface area contributed by atoms with E-state index in [-0.39, 0.29) is 0 Å². The largest absolute Gasteiger partial charge is 0.307 e. The zero-order valence-corrected chi connectivity index (χ0v) is 14.7. The lowest BCUT2D eigenvalue weighted by Crippen LogP contribution is -2.32. The van der Waals surface area contributed by atoms with Gasteiger partial charge in [0.2, 0.25) is 0 Å². The molecule has 21 heavy (non-hydrogen) atoms. The van der Waals surface area contributed by atoms with Crippen LogP contribution < -0.4 is 5.32 Å². The van der Waals surface area contributed by atoms with Crippen LogP contribution in [0, 0.1) is 6.92 Å². The highest BCUT2D eigenvalue weighted by molar-refractivity contribution is 9.10. The maximum absolute atomic E-state index is 3.77. The molecule has 1 nitrogen and oxygen atoms in total. The molecule has 0 aliphatic rings. The Morgan fingerprint density at radius 2 is 1.86 bits per heavy atom. The highest BCUT2D eigenvalue weighted by atomic mass is 79.9. The van der Waals surface area contributed by atoms with Gasteiger partial charge in [0.15, 0.2) is 0 Å². The van der Waals surface area contributed by atoms with E-state index < -0.39 is 0 Å². The molecule has 112 valence electrons. The molecule has 0 saturated carbocycles. The van der Waals surface area contributed by atoms with E-state index in [4.69, 9.17) is 0 Å². The number of benzene rings is 2. The second kappa shape index (κ2) is 7.77. The SMILES string of the molecule is CCC(NC(C)Cc1ccccc1C)c1cccc(Br)c1. The Bertz CT molecular complexity index is 579. The summed E-state index contributed by atoms with van der Waals surface area (Å²) in [5.41, 5.74) is 4.16. The highest BCUT2D eigenvalue weighted by Gasteiger charge is 2.13. The zero-order chi connectivity index (χ0) is 15.2. The van der Waals surface area contributed by atoms with Crippen LogP contribution in [0.1, 0.15) is 43.0 Å². The number of hydrogen-bond donors (Lipinski definition) is 1. The predicted octanol–water partition coefficient (Wildman–Crippen LogP) is 5.43. The van der Waals surface area contributed by atoms with Crippen LogP contribution in [0.4, 0.5) is 0 Å². The van der Waals surface area contributed by atoms with Gasteiger partial charge in [-0.2, -0.15) is 0 Å². The van der Waals surface area contributed by atoms with Crippen molar-refractivity contribution in [3.05, 3.63) is 69.7 Å². The van der Waals surface area contributed by atoms with E-state index in [1.165, 1.54) is 16.7 Å². The summed E-state index contributed by atoms with van der Waals surface area (Å²) in [6, 6.07) is 18.1. The van der Waals surface area contributed by atoms with Gasteiger partial charge in [0, 0.05) is 16.6 Å². The molecule has 0 aliphatic carbocycles. The quantitative estimate of drug-likeness (QED) is 0.735. The van der Waals surface area contributed by atoms with Crippen molar-refractivity contribution in [2.45, 2.75) is 45.7 Å². The topological polar surface area (TPSA) is 12.0 Å². The minimum Gasteiger partial charge on any atom is -0.307 e. The third-order valence-electron chi connectivity index (χ3n) is 3.93. The van der Waals surface area contributed by atoms with Gasteiger partial charge in [-0.3, -0.25) is 0 Å². The Kier molecular flexibility index (Phi) is 6.01. The van der Waals surface area contributed by atoms with Gasteiger partial charge in [-0.25, -0.2) is 0 Å². The van der Waals surface area contributed by atoms with E-state index in [0.29, 0.717) is 12.1 Å². The summed E-state index contributed by atoms with van der Waals surface area (Å²) in [6.45, 7) is 6.69. The molecule has 0 spiro atoms. The van der Waals surface area contributed by atoms with Gasteiger partial charge < -0.3 is 5.32 Å². The lowest BCUT2D eigenvalue weighted by atomic mass is 9.99. The van der Waals surface area contributed by atoms with Gasteiger partial charge in [0.1, 0.15) is 0 Å². The monoisotopic (exact) mass is 345 g/mol. The Balaban J connectivity index is 2.03. The molecule has 0 aliphatic heterocycles. The number of halogens is 1. The van der Waals surface area contributed by atoms with Crippen molar-refractivity contribution in [2.24, 2.45) is 0 Å². The summed E-state index contributed by atoms with van der Waals surface area (Å²) in [5.74, 6) is 0. The first-order valence-corrected chi connectivity index (χ1v) is 8.45. The van der Waals surface area contributed by atoms with Crippen LogP contribution in [0.15, 0.2) is 53.0 Å². The smallest absolute Gasteiger partial charge is 0.0320 e. The molecule has 2 atom stereocenters. The van der Waals surface area contributed by atoms with Crippen molar-refractivity contribution >= 4 is 15.9 Å². The lowest BCUT2D eigenvalue weighted by Gasteiger charge is -2.23. The van der Waals surface area contributed by atoms with Crippen molar-refractivity contribution in [3.63, 3.8) is 0 Å². The molecule has 1 N–H and O–H groups in total. The van der Waals surface area contributed by atoms with Crippen molar-refractivity contribution in [1.29, 1.82) is 0 Å². The van der Waals surface area contributed by atoms with Crippen LogP contribution in [0.5, 0.6) is 0 Å². The Labute approximate surface area is 136 Å². The third kappa shape index (κ3) is 4.69. The molecule has 2 aromatic rings. The second-order valence-electron chi connectivity index (χ2n) is 5.71. The molecule has 2 aromatic carbocycles. The van der Waals surface area contributed by atoms with Crippen LogP contribution in [0.2, 0.25) is 0 Å². The van der Waals surface area contributed by atoms with E-state index in [1.807, 2.05) is 0 Å². The molecule has 0 bridgehead atoms. The summed E-state index contributed by atoms with van der Waals surface area (Å²) < 4.78 is 1.15. The van der Waals surface area contributed by atoms with E-state index >= 15 is 0 Å². The van der Waals surface area contributed by atoms with Gasteiger partial charge in [0.05, 0.1) is 0 Å². The summed E-state index contributed by atoms with van der Waals surface area (Å²) in [7, 11) is 0. The van der Waals surface area contributed by atoms with Crippen LogP contribution in [0.25, 0.3) is 0 Å². The molecule has 2 heteroatoms. The van der Waals surface area contributed by atoms with Gasteiger partial charge in [-0.1, -0.05) is 59.3 Å². The highest BCUT2D eigenvalue weighted by Crippen LogP contribution is 2.22. The van der Waals surface area contributed by atoms with Crippen LogP contribution in [-0.4, -0.2) is 6.04 Å². The van der Waals surface area contributed by atoms with Gasteiger partial charge in [-0.15, -0.1) is 0 Å². The molecule has 0 aromatic heterocycles. The molecule has 0 amide bonds. The third-order valence-corrected chi connectivity index (χ3v) is 4.43. The maximum Gasteiger partial charge on any atom is 0.0320 e. The van der Waals surface area contributed by atoms with E-state index in [9.17, 15) is 0 Å². The van der Waals surface area contributed by atoms with Crippen molar-refractivity contribution in [3.8, 4) is 0 Å². The average molecular weight is 346 g/mol. The number of aryl methyl sites for hydroxylation is 1. The number of nitrogens with one attached hydrogen (secondary N) is 1. The lowest BCUT2D eigenvalue weighted by molar-refractivity contribution is 0.443. The fraction of sp³-hybridized carbons (Fsp3) is 0.368. The zero-order valence-electron chi connectivity index (χ0n) is 13.1. The average Bonchev–Trinajstić information content (AvgIpc) is 2.47. The van der Waals surface area contributed by atoms with Gasteiger partial charge >= 0.3 is 0 Å². The summed E-state index contributed by atoms with van der Waals surface area (Å²) >= 11 is 3.56. The van der Waals surface area contributed by atoms with Crippen molar-refractivity contribution in [2.75, 3.05) is 0 Å². The number of hydrogen-bond acceptors (Lipinski definition) is 1. The normalized spacial score (nSPS) is 13.9. The molecule has 2 rings (SSSR count). The van der Waals surface area contributed by atoms with E-state index in [1.54, 1.807) is 0 Å². The summed E-state index contributed by atoms with van der Waals surface area (Å²) in [5, 5.41) is 3.77. The molecule has 2 unspecified atom stereocenters. The second-order valence-corrected chi connectivity index (χ2v) is 6.63. The fourth-order valence-electron chi connectivity index (χ4n) is 2.74. The van der Waals surface area contributed by atoms with Crippen molar-refractivity contribution < 1.29 is 0 Å². The molecular formula is C19H24BrN. The Hall–Kier alpha value is -1.12. The summed E-state index contributed by atoms with van der Waals surface area (Å²) in [6.07, 6.45) is 2.16. The molecule has 0 heterocycles. The molecule has 0 saturated heterocycles. The Morgan fingerprint density at radius 1 is 1.10 bits per heavy atom. The predicted molar refractivity (Wildman–Crippen MR) is 94.7 cm³/mol. The minimum atomic E-state index is 0.404. The van der Waals surface area contributed by atoms with Gasteiger partial charge in [-0.05, 0) is 55.5 Å². The Morgan fingerprint density at radius 3 is 2.52 bits per heavy atom. The van der Waals surface area contributed by atoms with Gasteiger partial charge in [0.25, 0.3) is 0 Å². The first-order chi connectivity index (χ1) is 10.1. The van der Waals surface area contributed by atoms with E-state index in [2.05, 4.69) is 90.5 Å². The van der Waals surface area contributed by atoms with Crippen molar-refractivity contribution in [1.82, 2.24) is 5.32 Å². The van der Waals surface area contributed by atoms with E-state index in [0.717, 1.165) is 17.3 Å². The van der Waals surface area contributed by atoms with Crippen LogP contribution in [0.3, 0.4) is 0 Å². The standard InChI is InChI=1S/C19H24BrN/c1-4-19(17-10-7-11-18(20)13-17)21-15(3)12-16-9-6-5-8-14(16)2/h5-11,13,15,19,21H,4,12H2,1-3H3. The minimum absolute atomic E-state index is 0.404.